The Morgan fingerprint density at radius 1 is 0.679 bits per heavy atom. The second kappa shape index (κ2) is 19.6. The molecule has 0 heterocycles. The summed E-state index contributed by atoms with van der Waals surface area (Å²) in [4.78, 5) is 11.7. The molecule has 0 aliphatic heterocycles. The molecular formula is C25H49NO2. The van der Waals surface area contributed by atoms with Gasteiger partial charge in [0.25, 0.3) is 0 Å². The fourth-order valence-corrected chi connectivity index (χ4v) is 4.27. The minimum absolute atomic E-state index is 0.201. The summed E-state index contributed by atoms with van der Waals surface area (Å²) in [5.74, 6) is 0. The van der Waals surface area contributed by atoms with E-state index >= 15 is 0 Å². The van der Waals surface area contributed by atoms with Gasteiger partial charge in [0.05, 0.1) is 6.61 Å². The van der Waals surface area contributed by atoms with Crippen LogP contribution in [-0.2, 0) is 4.74 Å². The van der Waals surface area contributed by atoms with Gasteiger partial charge in [-0.3, -0.25) is 0 Å². The molecule has 0 bridgehead atoms. The SMILES string of the molecule is CCCCCCCCCCCCCCCCCCOC(=O)NC1CCCCC1. The van der Waals surface area contributed by atoms with Crippen molar-refractivity contribution in [1.29, 1.82) is 0 Å². The van der Waals surface area contributed by atoms with Crippen LogP contribution in [-0.4, -0.2) is 18.7 Å². The van der Waals surface area contributed by atoms with Crippen LogP contribution in [0.15, 0.2) is 0 Å². The maximum Gasteiger partial charge on any atom is 0.407 e. The molecule has 3 nitrogen and oxygen atoms in total. The zero-order valence-electron chi connectivity index (χ0n) is 19.0. The Bertz CT molecular complexity index is 339. The lowest BCUT2D eigenvalue weighted by atomic mass is 9.96. The Hall–Kier alpha value is -0.730. The first kappa shape index (κ1) is 25.3. The topological polar surface area (TPSA) is 38.3 Å². The third kappa shape index (κ3) is 16.2. The van der Waals surface area contributed by atoms with Gasteiger partial charge in [-0.1, -0.05) is 122 Å². The van der Waals surface area contributed by atoms with Crippen LogP contribution in [0, 0.1) is 0 Å². The van der Waals surface area contributed by atoms with Gasteiger partial charge in [-0.05, 0) is 19.3 Å². The predicted molar refractivity (Wildman–Crippen MR) is 121 cm³/mol. The second-order valence-electron chi connectivity index (χ2n) is 8.92. The highest BCUT2D eigenvalue weighted by molar-refractivity contribution is 5.67. The Kier molecular flexibility index (Phi) is 17.7. The first-order chi connectivity index (χ1) is 13.8. The monoisotopic (exact) mass is 395 g/mol. The van der Waals surface area contributed by atoms with Crippen LogP contribution in [0.3, 0.4) is 0 Å². The molecule has 0 aromatic heterocycles. The van der Waals surface area contributed by atoms with E-state index in [0.717, 1.165) is 19.3 Å². The van der Waals surface area contributed by atoms with Crippen LogP contribution in [0.4, 0.5) is 4.79 Å². The van der Waals surface area contributed by atoms with Crippen LogP contribution in [0.5, 0.6) is 0 Å². The van der Waals surface area contributed by atoms with Crippen LogP contribution >= 0.6 is 0 Å². The molecule has 0 aromatic rings. The van der Waals surface area contributed by atoms with Gasteiger partial charge in [-0.15, -0.1) is 0 Å². The van der Waals surface area contributed by atoms with Gasteiger partial charge < -0.3 is 10.1 Å². The number of nitrogens with one attached hydrogen (secondary N) is 1. The van der Waals surface area contributed by atoms with Gasteiger partial charge in [0.15, 0.2) is 0 Å². The highest BCUT2D eigenvalue weighted by Crippen LogP contribution is 2.17. The molecule has 28 heavy (non-hydrogen) atoms. The summed E-state index contributed by atoms with van der Waals surface area (Å²) in [5, 5.41) is 3.01. The molecule has 1 N–H and O–H groups in total. The molecule has 0 atom stereocenters. The van der Waals surface area contributed by atoms with Gasteiger partial charge in [0, 0.05) is 6.04 Å². The van der Waals surface area contributed by atoms with E-state index in [1.807, 2.05) is 0 Å². The molecular weight excluding hydrogens is 346 g/mol. The Balaban J connectivity index is 1.71. The highest BCUT2D eigenvalue weighted by atomic mass is 16.5. The molecule has 1 fully saturated rings. The van der Waals surface area contributed by atoms with Gasteiger partial charge in [-0.2, -0.15) is 0 Å². The number of rotatable bonds is 18. The lowest BCUT2D eigenvalue weighted by Gasteiger charge is -2.22. The molecule has 0 radical (unpaired) electrons. The van der Waals surface area contributed by atoms with E-state index in [9.17, 15) is 4.79 Å². The lowest BCUT2D eigenvalue weighted by molar-refractivity contribution is 0.137. The first-order valence-electron chi connectivity index (χ1n) is 12.8. The zero-order valence-corrected chi connectivity index (χ0v) is 19.0. The summed E-state index contributed by atoms with van der Waals surface area (Å²) in [6, 6.07) is 0.354. The summed E-state index contributed by atoms with van der Waals surface area (Å²) < 4.78 is 5.31. The highest BCUT2D eigenvalue weighted by Gasteiger charge is 2.15. The van der Waals surface area contributed by atoms with E-state index < -0.39 is 0 Å². The van der Waals surface area contributed by atoms with Crippen molar-refractivity contribution >= 4 is 6.09 Å². The molecule has 3 heteroatoms. The fourth-order valence-electron chi connectivity index (χ4n) is 4.27. The molecule has 0 saturated heterocycles. The van der Waals surface area contributed by atoms with Crippen molar-refractivity contribution in [1.82, 2.24) is 5.32 Å². The predicted octanol–water partition coefficient (Wildman–Crippen LogP) is 8.31. The van der Waals surface area contributed by atoms with Gasteiger partial charge >= 0.3 is 6.09 Å². The average molecular weight is 396 g/mol. The van der Waals surface area contributed by atoms with Crippen molar-refractivity contribution < 1.29 is 9.53 Å². The number of alkyl carbamates (subject to hydrolysis) is 1. The van der Waals surface area contributed by atoms with Crippen LogP contribution in [0.1, 0.15) is 142 Å². The summed E-state index contributed by atoms with van der Waals surface area (Å²) in [6.07, 6.45) is 27.7. The van der Waals surface area contributed by atoms with E-state index in [0.29, 0.717) is 12.6 Å². The third-order valence-electron chi connectivity index (χ3n) is 6.16. The lowest BCUT2D eigenvalue weighted by Crippen LogP contribution is -2.36. The van der Waals surface area contributed by atoms with Crippen LogP contribution in [0.25, 0.3) is 0 Å². The molecule has 166 valence electrons. The van der Waals surface area contributed by atoms with Crippen molar-refractivity contribution in [3.05, 3.63) is 0 Å². The van der Waals surface area contributed by atoms with Crippen molar-refractivity contribution in [2.75, 3.05) is 6.61 Å². The Morgan fingerprint density at radius 3 is 1.57 bits per heavy atom. The molecule has 0 unspecified atom stereocenters. The number of hydrogen-bond donors (Lipinski definition) is 1. The smallest absolute Gasteiger partial charge is 0.407 e. The molecule has 1 amide bonds. The minimum atomic E-state index is -0.201. The van der Waals surface area contributed by atoms with Gasteiger partial charge in [-0.25, -0.2) is 4.79 Å². The fraction of sp³-hybridized carbons (Fsp3) is 0.960. The number of amides is 1. The summed E-state index contributed by atoms with van der Waals surface area (Å²) in [6.45, 7) is 2.87. The van der Waals surface area contributed by atoms with E-state index in [2.05, 4.69) is 12.2 Å². The normalized spacial score (nSPS) is 14.9. The number of carbonyl (C=O) groups excluding carboxylic acids is 1. The largest absolute Gasteiger partial charge is 0.450 e. The molecule has 0 aromatic carbocycles. The van der Waals surface area contributed by atoms with Crippen molar-refractivity contribution in [2.24, 2.45) is 0 Å². The molecule has 1 saturated carbocycles. The molecule has 0 spiro atoms. The van der Waals surface area contributed by atoms with Crippen molar-refractivity contribution in [3.63, 3.8) is 0 Å². The third-order valence-corrected chi connectivity index (χ3v) is 6.16. The van der Waals surface area contributed by atoms with Crippen LogP contribution in [0.2, 0.25) is 0 Å². The summed E-state index contributed by atoms with van der Waals surface area (Å²) >= 11 is 0. The van der Waals surface area contributed by atoms with Gasteiger partial charge in [0.1, 0.15) is 0 Å². The Morgan fingerprint density at radius 2 is 1.11 bits per heavy atom. The van der Waals surface area contributed by atoms with E-state index in [1.54, 1.807) is 0 Å². The van der Waals surface area contributed by atoms with E-state index in [-0.39, 0.29) is 6.09 Å². The van der Waals surface area contributed by atoms with E-state index in [1.165, 1.54) is 116 Å². The first-order valence-corrected chi connectivity index (χ1v) is 12.8. The second-order valence-corrected chi connectivity index (χ2v) is 8.92. The zero-order chi connectivity index (χ0) is 20.1. The van der Waals surface area contributed by atoms with Crippen molar-refractivity contribution in [3.8, 4) is 0 Å². The summed E-state index contributed by atoms with van der Waals surface area (Å²) in [5.41, 5.74) is 0. The van der Waals surface area contributed by atoms with Crippen LogP contribution < -0.4 is 5.32 Å². The Labute approximate surface area is 175 Å². The molecule has 1 aliphatic rings. The maximum absolute atomic E-state index is 11.7. The average Bonchev–Trinajstić information content (AvgIpc) is 2.71. The minimum Gasteiger partial charge on any atom is -0.450 e. The number of hydrogen-bond acceptors (Lipinski definition) is 2. The van der Waals surface area contributed by atoms with Crippen molar-refractivity contribution in [2.45, 2.75) is 148 Å². The van der Waals surface area contributed by atoms with Gasteiger partial charge in [0.2, 0.25) is 0 Å². The standard InChI is InChI=1S/C25H49NO2/c1-2-3-4-5-6-7-8-9-10-11-12-13-14-15-16-20-23-28-25(27)26-24-21-18-17-19-22-24/h24H,2-23H2,1H3,(H,26,27). The summed E-state index contributed by atoms with van der Waals surface area (Å²) in [7, 11) is 0. The number of carbonyl (C=O) groups is 1. The maximum atomic E-state index is 11.7. The molecule has 1 rings (SSSR count). The van der Waals surface area contributed by atoms with E-state index in [4.69, 9.17) is 4.74 Å². The quantitative estimate of drug-likeness (QED) is 0.237. The number of unbranched alkanes of at least 4 members (excludes halogenated alkanes) is 15. The molecule has 1 aliphatic carbocycles. The number of ether oxygens (including phenoxy) is 1.